The number of carbonyl (C=O) groups excluding carboxylic acids is 3. The highest BCUT2D eigenvalue weighted by Gasteiger charge is 2.32. The van der Waals surface area contributed by atoms with E-state index in [9.17, 15) is 24.3 Å². The Labute approximate surface area is 232 Å². The number of carboxylic acid groups (broad SMARTS) is 1. The molecule has 0 saturated carbocycles. The van der Waals surface area contributed by atoms with Gasteiger partial charge in [0.15, 0.2) is 0 Å². The lowest BCUT2D eigenvalue weighted by Crippen LogP contribution is -2.57. The van der Waals surface area contributed by atoms with E-state index in [1.54, 1.807) is 6.92 Å². The minimum Gasteiger partial charge on any atom is -0.480 e. The smallest absolute Gasteiger partial charge is 0.408 e. The zero-order valence-electron chi connectivity index (χ0n) is 22.5. The second-order valence-electron chi connectivity index (χ2n) is 9.50. The predicted molar refractivity (Wildman–Crippen MR) is 147 cm³/mol. The molecule has 3 amide bonds. The van der Waals surface area contributed by atoms with Crippen LogP contribution in [0.5, 0.6) is 0 Å². The van der Waals surface area contributed by atoms with Crippen molar-refractivity contribution in [1.29, 1.82) is 0 Å². The average Bonchev–Trinajstić information content (AvgIpc) is 3.47. The second kappa shape index (κ2) is 15.1. The number of aliphatic carboxylic acids is 1. The number of aromatic nitrogens is 2. The minimum absolute atomic E-state index is 0.0173. The maximum Gasteiger partial charge on any atom is 0.408 e. The molecule has 212 valence electrons. The standard InChI is InChI=1S/C29H35N5O6/c1-3-19(2)25(28(37)38)34-27(36)24(15-22-16-30-18-31-22)32-26(35)23(14-20-10-6-4-7-11-20)33-29(39)40-17-21-12-8-5-9-13-21/h4-13,16,18-19,23-25H,3,14-15,17H2,1-2H3,(H,30,31)(H,32,35)(H,33,39)(H,34,36)(H,37,38)/t19-,23-,24-,25-/m0/s1. The molecule has 11 heteroatoms. The Hall–Kier alpha value is -4.67. The Kier molecular flexibility index (Phi) is 11.2. The fourth-order valence-electron chi connectivity index (χ4n) is 4.00. The molecular weight excluding hydrogens is 514 g/mol. The Morgan fingerprint density at radius 1 is 0.875 bits per heavy atom. The zero-order chi connectivity index (χ0) is 28.9. The fourth-order valence-corrected chi connectivity index (χ4v) is 4.00. The van der Waals surface area contributed by atoms with Crippen molar-refractivity contribution in [3.8, 4) is 0 Å². The van der Waals surface area contributed by atoms with Gasteiger partial charge >= 0.3 is 12.1 Å². The van der Waals surface area contributed by atoms with Crippen LogP contribution >= 0.6 is 0 Å². The van der Waals surface area contributed by atoms with Crippen LogP contribution in [-0.4, -0.2) is 57.1 Å². The number of imidazole rings is 1. The van der Waals surface area contributed by atoms with E-state index in [0.29, 0.717) is 12.1 Å². The molecule has 0 aliphatic carbocycles. The molecule has 11 nitrogen and oxygen atoms in total. The molecule has 0 saturated heterocycles. The summed E-state index contributed by atoms with van der Waals surface area (Å²) in [5.74, 6) is -2.80. The Balaban J connectivity index is 1.77. The normalized spacial score (nSPS) is 13.8. The number of benzene rings is 2. The molecule has 0 aliphatic rings. The van der Waals surface area contributed by atoms with E-state index in [4.69, 9.17) is 4.74 Å². The van der Waals surface area contributed by atoms with Crippen molar-refractivity contribution in [2.45, 2.75) is 57.8 Å². The van der Waals surface area contributed by atoms with Gasteiger partial charge in [-0.2, -0.15) is 0 Å². The third kappa shape index (κ3) is 9.26. The highest BCUT2D eigenvalue weighted by molar-refractivity contribution is 5.93. The van der Waals surface area contributed by atoms with Crippen LogP contribution in [0.1, 0.15) is 37.1 Å². The number of hydrogen-bond donors (Lipinski definition) is 5. The molecule has 0 spiro atoms. The molecule has 2 aromatic carbocycles. The average molecular weight is 550 g/mol. The number of carboxylic acids is 1. The van der Waals surface area contributed by atoms with Gasteiger partial charge in [-0.15, -0.1) is 0 Å². The van der Waals surface area contributed by atoms with Crippen LogP contribution in [0, 0.1) is 5.92 Å². The van der Waals surface area contributed by atoms with Gasteiger partial charge in [0.2, 0.25) is 11.8 Å². The highest BCUT2D eigenvalue weighted by Crippen LogP contribution is 2.10. The Morgan fingerprint density at radius 3 is 2.05 bits per heavy atom. The summed E-state index contributed by atoms with van der Waals surface area (Å²) in [6.45, 7) is 3.57. The fraction of sp³-hybridized carbons (Fsp3) is 0.345. The van der Waals surface area contributed by atoms with Crippen LogP contribution in [0.2, 0.25) is 0 Å². The molecule has 4 atom stereocenters. The van der Waals surface area contributed by atoms with Crippen molar-refractivity contribution in [3.63, 3.8) is 0 Å². The molecule has 0 bridgehead atoms. The molecular formula is C29H35N5O6. The van der Waals surface area contributed by atoms with Crippen LogP contribution < -0.4 is 16.0 Å². The minimum atomic E-state index is -1.17. The predicted octanol–water partition coefficient (Wildman–Crippen LogP) is 2.59. The highest BCUT2D eigenvalue weighted by atomic mass is 16.5. The number of nitrogens with one attached hydrogen (secondary N) is 4. The van der Waals surface area contributed by atoms with Gasteiger partial charge in [0, 0.05) is 24.7 Å². The summed E-state index contributed by atoms with van der Waals surface area (Å²) in [5.41, 5.74) is 2.13. The summed E-state index contributed by atoms with van der Waals surface area (Å²) >= 11 is 0. The number of H-pyrrole nitrogens is 1. The van der Waals surface area contributed by atoms with E-state index < -0.39 is 42.0 Å². The molecule has 3 aromatic rings. The lowest BCUT2D eigenvalue weighted by Gasteiger charge is -2.26. The number of nitrogens with zero attached hydrogens (tertiary/aromatic N) is 1. The molecule has 5 N–H and O–H groups in total. The van der Waals surface area contributed by atoms with Crippen LogP contribution in [0.25, 0.3) is 0 Å². The molecule has 0 aliphatic heterocycles. The summed E-state index contributed by atoms with van der Waals surface area (Å²) in [6.07, 6.45) is 2.85. The first kappa shape index (κ1) is 29.9. The maximum atomic E-state index is 13.5. The number of amides is 3. The Bertz CT molecular complexity index is 1240. The molecule has 1 aromatic heterocycles. The van der Waals surface area contributed by atoms with Crippen LogP contribution in [0.15, 0.2) is 73.2 Å². The SMILES string of the molecule is CC[C@H](C)[C@H](NC(=O)[C@H](Cc1cnc[nH]1)NC(=O)[C@H](Cc1ccccc1)NC(=O)OCc1ccccc1)C(=O)O. The molecule has 0 unspecified atom stereocenters. The van der Waals surface area contributed by atoms with Crippen molar-refractivity contribution in [1.82, 2.24) is 25.9 Å². The topological polar surface area (TPSA) is 163 Å². The second-order valence-corrected chi connectivity index (χ2v) is 9.50. The van der Waals surface area contributed by atoms with Crippen molar-refractivity contribution in [3.05, 3.63) is 90.0 Å². The van der Waals surface area contributed by atoms with Gasteiger partial charge in [-0.05, 0) is 17.0 Å². The first-order valence-electron chi connectivity index (χ1n) is 13.1. The van der Waals surface area contributed by atoms with E-state index in [1.807, 2.05) is 67.6 Å². The van der Waals surface area contributed by atoms with Crippen molar-refractivity contribution in [2.24, 2.45) is 5.92 Å². The van der Waals surface area contributed by atoms with E-state index in [2.05, 4.69) is 25.9 Å². The number of alkyl carbamates (subject to hydrolysis) is 1. The van der Waals surface area contributed by atoms with Gasteiger partial charge in [0.1, 0.15) is 24.7 Å². The molecule has 0 fully saturated rings. The van der Waals surface area contributed by atoms with Crippen LogP contribution in [-0.2, 0) is 38.6 Å². The van der Waals surface area contributed by atoms with E-state index in [-0.39, 0.29) is 25.4 Å². The summed E-state index contributed by atoms with van der Waals surface area (Å²) in [4.78, 5) is 58.1. The molecule has 40 heavy (non-hydrogen) atoms. The number of aromatic amines is 1. The molecule has 1 heterocycles. The van der Waals surface area contributed by atoms with E-state index in [0.717, 1.165) is 11.1 Å². The van der Waals surface area contributed by atoms with Crippen LogP contribution in [0.3, 0.4) is 0 Å². The monoisotopic (exact) mass is 549 g/mol. The first-order chi connectivity index (χ1) is 19.3. The van der Waals surface area contributed by atoms with E-state index in [1.165, 1.54) is 12.5 Å². The van der Waals surface area contributed by atoms with Gasteiger partial charge < -0.3 is 30.8 Å². The van der Waals surface area contributed by atoms with Crippen molar-refractivity contribution >= 4 is 23.9 Å². The summed E-state index contributed by atoms with van der Waals surface area (Å²) < 4.78 is 5.31. The number of ether oxygens (including phenoxy) is 1. The third-order valence-electron chi connectivity index (χ3n) is 6.49. The zero-order valence-corrected chi connectivity index (χ0v) is 22.5. The maximum absolute atomic E-state index is 13.5. The summed E-state index contributed by atoms with van der Waals surface area (Å²) in [7, 11) is 0. The summed E-state index contributed by atoms with van der Waals surface area (Å²) in [6, 6.07) is 14.9. The van der Waals surface area contributed by atoms with Gasteiger partial charge in [-0.3, -0.25) is 9.59 Å². The van der Waals surface area contributed by atoms with Crippen LogP contribution in [0.4, 0.5) is 4.79 Å². The largest absolute Gasteiger partial charge is 0.480 e. The molecule has 0 radical (unpaired) electrons. The number of hydrogen-bond acceptors (Lipinski definition) is 6. The quantitative estimate of drug-likeness (QED) is 0.206. The first-order valence-corrected chi connectivity index (χ1v) is 13.1. The lowest BCUT2D eigenvalue weighted by atomic mass is 9.98. The van der Waals surface area contributed by atoms with Gasteiger partial charge in [0.25, 0.3) is 0 Å². The lowest BCUT2D eigenvalue weighted by molar-refractivity contribution is -0.143. The third-order valence-corrected chi connectivity index (χ3v) is 6.49. The molecule has 3 rings (SSSR count). The van der Waals surface area contributed by atoms with E-state index >= 15 is 0 Å². The summed E-state index contributed by atoms with van der Waals surface area (Å²) in [5, 5.41) is 17.5. The van der Waals surface area contributed by atoms with Gasteiger partial charge in [-0.25, -0.2) is 14.6 Å². The number of carbonyl (C=O) groups is 4. The number of rotatable bonds is 14. The van der Waals surface area contributed by atoms with Gasteiger partial charge in [0.05, 0.1) is 6.33 Å². The van der Waals surface area contributed by atoms with Crippen molar-refractivity contribution < 1.29 is 29.0 Å². The van der Waals surface area contributed by atoms with Crippen molar-refractivity contribution in [2.75, 3.05) is 0 Å². The Morgan fingerprint density at radius 2 is 1.48 bits per heavy atom. The van der Waals surface area contributed by atoms with Gasteiger partial charge in [-0.1, -0.05) is 80.9 Å².